The fraction of sp³-hybridized carbons (Fsp3) is 0.438. The van der Waals surface area contributed by atoms with Gasteiger partial charge in [-0.3, -0.25) is 4.79 Å². The summed E-state index contributed by atoms with van der Waals surface area (Å²) in [6.07, 6.45) is 0. The van der Waals surface area contributed by atoms with Crippen LogP contribution in [0.3, 0.4) is 0 Å². The molecule has 0 aromatic heterocycles. The molecule has 1 atom stereocenters. The lowest BCUT2D eigenvalue weighted by atomic mass is 9.92. The van der Waals surface area contributed by atoms with Crippen LogP contribution < -0.4 is 10.2 Å². The Balaban J connectivity index is 1.88. The molecule has 0 radical (unpaired) electrons. The van der Waals surface area contributed by atoms with Crippen LogP contribution in [-0.4, -0.2) is 50.4 Å². The summed E-state index contributed by atoms with van der Waals surface area (Å²) < 4.78 is 5.39. The Morgan fingerprint density at radius 1 is 1.35 bits per heavy atom. The largest absolute Gasteiger partial charge is 0.378 e. The summed E-state index contributed by atoms with van der Waals surface area (Å²) in [4.78, 5) is 30.4. The number of anilines is 1. The highest BCUT2D eigenvalue weighted by Crippen LogP contribution is 2.32. The quantitative estimate of drug-likeness (QED) is 0.825. The lowest BCUT2D eigenvalue weighted by molar-refractivity contribution is -0.141. The van der Waals surface area contributed by atoms with Gasteiger partial charge in [0.15, 0.2) is 0 Å². The number of para-hydroxylation sites is 1. The zero-order valence-corrected chi connectivity index (χ0v) is 12.9. The summed E-state index contributed by atoms with van der Waals surface area (Å²) in [5, 5.41) is 6.51. The van der Waals surface area contributed by atoms with Crippen LogP contribution in [0.5, 0.6) is 0 Å². The smallest absolute Gasteiger partial charge is 0.348 e. The molecule has 23 heavy (non-hydrogen) atoms. The van der Waals surface area contributed by atoms with Crippen LogP contribution in [0.15, 0.2) is 29.4 Å². The maximum absolute atomic E-state index is 12.2. The Morgan fingerprint density at radius 2 is 2.09 bits per heavy atom. The molecule has 2 aliphatic rings. The van der Waals surface area contributed by atoms with Crippen molar-refractivity contribution in [2.75, 3.05) is 37.7 Å². The van der Waals surface area contributed by atoms with Crippen LogP contribution in [0.4, 0.5) is 5.69 Å². The molecule has 2 heterocycles. The SMILES string of the molecule is CC(=O)NCC1=NOC(=O)C1c1ccccc1N1CCOCC1. The number of hydrogen-bond donors (Lipinski definition) is 1. The molecule has 1 aromatic rings. The van der Waals surface area contributed by atoms with Gasteiger partial charge in [0.2, 0.25) is 5.91 Å². The van der Waals surface area contributed by atoms with E-state index in [0.29, 0.717) is 18.9 Å². The predicted molar refractivity (Wildman–Crippen MR) is 84.4 cm³/mol. The first-order valence-electron chi connectivity index (χ1n) is 7.60. The van der Waals surface area contributed by atoms with Crippen molar-refractivity contribution in [3.63, 3.8) is 0 Å². The summed E-state index contributed by atoms with van der Waals surface area (Å²) in [5.74, 6) is -1.17. The van der Waals surface area contributed by atoms with Crippen molar-refractivity contribution < 1.29 is 19.2 Å². The summed E-state index contributed by atoms with van der Waals surface area (Å²) in [7, 11) is 0. The van der Waals surface area contributed by atoms with Gasteiger partial charge < -0.3 is 19.8 Å². The van der Waals surface area contributed by atoms with Crippen molar-refractivity contribution >= 4 is 23.3 Å². The number of carbonyl (C=O) groups excluding carboxylic acids is 2. The average molecular weight is 317 g/mol. The van der Waals surface area contributed by atoms with E-state index in [1.165, 1.54) is 6.92 Å². The summed E-state index contributed by atoms with van der Waals surface area (Å²) >= 11 is 0. The molecular weight excluding hydrogens is 298 g/mol. The van der Waals surface area contributed by atoms with Gasteiger partial charge in [0.25, 0.3) is 0 Å². The first-order chi connectivity index (χ1) is 11.2. The van der Waals surface area contributed by atoms with Crippen molar-refractivity contribution in [3.8, 4) is 0 Å². The molecule has 0 saturated carbocycles. The Bertz CT molecular complexity index is 638. The minimum absolute atomic E-state index is 0.174. The molecule has 0 spiro atoms. The van der Waals surface area contributed by atoms with Crippen LogP contribution in [0.25, 0.3) is 0 Å². The molecule has 0 aliphatic carbocycles. The van der Waals surface area contributed by atoms with E-state index >= 15 is 0 Å². The zero-order chi connectivity index (χ0) is 16.2. The molecule has 1 fully saturated rings. The van der Waals surface area contributed by atoms with E-state index in [1.807, 2.05) is 24.3 Å². The number of rotatable bonds is 4. The number of benzene rings is 1. The Hall–Kier alpha value is -2.41. The number of morpholine rings is 1. The van der Waals surface area contributed by atoms with E-state index < -0.39 is 11.9 Å². The number of hydrogen-bond acceptors (Lipinski definition) is 6. The van der Waals surface area contributed by atoms with Crippen molar-refractivity contribution in [3.05, 3.63) is 29.8 Å². The number of amides is 1. The van der Waals surface area contributed by atoms with Crippen LogP contribution >= 0.6 is 0 Å². The molecular formula is C16H19N3O4. The highest BCUT2D eigenvalue weighted by Gasteiger charge is 2.36. The number of carbonyl (C=O) groups is 2. The van der Waals surface area contributed by atoms with E-state index in [-0.39, 0.29) is 12.5 Å². The highest BCUT2D eigenvalue weighted by atomic mass is 16.7. The molecule has 1 saturated heterocycles. The van der Waals surface area contributed by atoms with Crippen LogP contribution in [-0.2, 0) is 19.2 Å². The number of oxime groups is 1. The standard InChI is InChI=1S/C16H19N3O4/c1-11(20)17-10-13-15(16(21)23-18-13)12-4-2-3-5-14(12)19-6-8-22-9-7-19/h2-5,15H,6-10H2,1H3,(H,17,20). The minimum atomic E-state index is -0.583. The first-order valence-corrected chi connectivity index (χ1v) is 7.60. The third kappa shape index (κ3) is 3.34. The van der Waals surface area contributed by atoms with Gasteiger partial charge in [0, 0.05) is 25.7 Å². The molecule has 7 heteroatoms. The second-order valence-electron chi connectivity index (χ2n) is 5.49. The van der Waals surface area contributed by atoms with Gasteiger partial charge in [-0.05, 0) is 11.6 Å². The predicted octanol–water partition coefficient (Wildman–Crippen LogP) is 0.656. The Labute approximate surface area is 134 Å². The first kappa shape index (κ1) is 15.5. The van der Waals surface area contributed by atoms with Crippen molar-refractivity contribution in [2.45, 2.75) is 12.8 Å². The summed E-state index contributed by atoms with van der Waals surface area (Å²) in [5.41, 5.74) is 2.35. The maximum atomic E-state index is 12.2. The Morgan fingerprint density at radius 3 is 2.83 bits per heavy atom. The van der Waals surface area contributed by atoms with Gasteiger partial charge >= 0.3 is 5.97 Å². The monoisotopic (exact) mass is 317 g/mol. The van der Waals surface area contributed by atoms with Crippen molar-refractivity contribution in [1.29, 1.82) is 0 Å². The van der Waals surface area contributed by atoms with Crippen LogP contribution in [0.2, 0.25) is 0 Å². The van der Waals surface area contributed by atoms with Gasteiger partial charge in [-0.1, -0.05) is 23.4 Å². The fourth-order valence-corrected chi connectivity index (χ4v) is 2.82. The number of nitrogens with zero attached hydrogens (tertiary/aromatic N) is 2. The summed E-state index contributed by atoms with van der Waals surface area (Å²) in [6.45, 7) is 4.50. The molecule has 0 bridgehead atoms. The van der Waals surface area contributed by atoms with Gasteiger partial charge in [-0.2, -0.15) is 0 Å². The van der Waals surface area contributed by atoms with E-state index in [4.69, 9.17) is 9.57 Å². The average Bonchev–Trinajstić information content (AvgIpc) is 2.94. The second-order valence-corrected chi connectivity index (χ2v) is 5.49. The van der Waals surface area contributed by atoms with Crippen molar-refractivity contribution in [1.82, 2.24) is 5.32 Å². The molecule has 122 valence electrons. The second kappa shape index (κ2) is 6.78. The van der Waals surface area contributed by atoms with Gasteiger partial charge in [-0.25, -0.2) is 4.79 Å². The summed E-state index contributed by atoms with van der Waals surface area (Å²) in [6, 6.07) is 7.73. The number of nitrogens with one attached hydrogen (secondary N) is 1. The molecule has 7 nitrogen and oxygen atoms in total. The van der Waals surface area contributed by atoms with E-state index in [9.17, 15) is 9.59 Å². The topological polar surface area (TPSA) is 80.2 Å². The lowest BCUT2D eigenvalue weighted by Crippen LogP contribution is -2.38. The third-order valence-electron chi connectivity index (χ3n) is 3.94. The maximum Gasteiger partial charge on any atom is 0.348 e. The van der Waals surface area contributed by atoms with E-state index in [0.717, 1.165) is 24.3 Å². The van der Waals surface area contributed by atoms with E-state index in [1.54, 1.807) is 0 Å². The highest BCUT2D eigenvalue weighted by molar-refractivity contribution is 6.12. The number of ether oxygens (including phenoxy) is 1. The minimum Gasteiger partial charge on any atom is -0.378 e. The van der Waals surface area contributed by atoms with Gasteiger partial charge in [0.1, 0.15) is 5.92 Å². The molecule has 2 aliphatic heterocycles. The molecule has 3 rings (SSSR count). The molecule has 1 unspecified atom stereocenters. The lowest BCUT2D eigenvalue weighted by Gasteiger charge is -2.31. The van der Waals surface area contributed by atoms with Crippen molar-refractivity contribution in [2.24, 2.45) is 5.16 Å². The zero-order valence-electron chi connectivity index (χ0n) is 12.9. The third-order valence-corrected chi connectivity index (χ3v) is 3.94. The van der Waals surface area contributed by atoms with Crippen LogP contribution in [0, 0.1) is 0 Å². The van der Waals surface area contributed by atoms with Gasteiger partial charge in [-0.15, -0.1) is 0 Å². The fourth-order valence-electron chi connectivity index (χ4n) is 2.82. The van der Waals surface area contributed by atoms with Gasteiger partial charge in [0.05, 0.1) is 25.5 Å². The molecule has 1 N–H and O–H groups in total. The normalized spacial score (nSPS) is 20.9. The molecule has 1 aromatic carbocycles. The van der Waals surface area contributed by atoms with E-state index in [2.05, 4.69) is 15.4 Å². The van der Waals surface area contributed by atoms with Crippen LogP contribution in [0.1, 0.15) is 18.4 Å². The Kier molecular flexibility index (Phi) is 4.57. The molecule has 1 amide bonds.